The summed E-state index contributed by atoms with van der Waals surface area (Å²) in [6.45, 7) is 8.33. The maximum Gasteiger partial charge on any atom is 0.128 e. The highest BCUT2D eigenvalue weighted by molar-refractivity contribution is 7.09. The number of nitrogens with one attached hydrogen (secondary N) is 1. The van der Waals surface area contributed by atoms with Gasteiger partial charge in [0, 0.05) is 22.8 Å². The molecule has 1 heterocycles. The molecule has 1 aromatic heterocycles. The van der Waals surface area contributed by atoms with Crippen molar-refractivity contribution in [3.63, 3.8) is 0 Å². The van der Waals surface area contributed by atoms with Crippen molar-refractivity contribution in [1.82, 2.24) is 10.4 Å². The molecule has 3 nitrogen and oxygen atoms in total. The Bertz CT molecular complexity index is 616. The lowest BCUT2D eigenvalue weighted by Crippen LogP contribution is -2.30. The molecule has 0 saturated heterocycles. The second-order valence-electron chi connectivity index (χ2n) is 6.32. The number of nitrogens with zero attached hydrogens (tertiary/aromatic N) is 1. The van der Waals surface area contributed by atoms with E-state index in [9.17, 15) is 4.39 Å². The molecule has 2 rings (SSSR count). The molecule has 0 aliphatic rings. The Labute approximate surface area is 129 Å². The number of aryl methyl sites for hydroxylation is 1. The second-order valence-corrected chi connectivity index (χ2v) is 7.27. The summed E-state index contributed by atoms with van der Waals surface area (Å²) >= 11 is 1.60. The van der Waals surface area contributed by atoms with Crippen molar-refractivity contribution in [1.29, 1.82) is 0 Å². The van der Waals surface area contributed by atoms with Crippen molar-refractivity contribution in [3.05, 3.63) is 51.2 Å². The predicted octanol–water partition coefficient (Wildman–Crippen LogP) is 3.64. The lowest BCUT2D eigenvalue weighted by atomic mass is 9.93. The van der Waals surface area contributed by atoms with E-state index in [-0.39, 0.29) is 17.3 Å². The summed E-state index contributed by atoms with van der Waals surface area (Å²) in [7, 11) is 0. The molecule has 0 saturated carbocycles. The molecule has 0 amide bonds. The first kappa shape index (κ1) is 16.1. The van der Waals surface area contributed by atoms with Crippen LogP contribution in [0.25, 0.3) is 0 Å². The molecule has 2 aromatic rings. The van der Waals surface area contributed by atoms with Gasteiger partial charge in [-0.05, 0) is 13.0 Å². The van der Waals surface area contributed by atoms with E-state index in [0.29, 0.717) is 12.0 Å². The summed E-state index contributed by atoms with van der Waals surface area (Å²) in [5, 5.41) is 3.03. The Balaban J connectivity index is 2.23. The van der Waals surface area contributed by atoms with Crippen molar-refractivity contribution >= 4 is 11.3 Å². The minimum Gasteiger partial charge on any atom is -0.271 e. The smallest absolute Gasteiger partial charge is 0.128 e. The van der Waals surface area contributed by atoms with Crippen LogP contribution in [0, 0.1) is 12.7 Å². The van der Waals surface area contributed by atoms with Crippen molar-refractivity contribution in [2.45, 2.75) is 45.6 Å². The van der Waals surface area contributed by atoms with Crippen LogP contribution in [-0.4, -0.2) is 4.98 Å². The Morgan fingerprint density at radius 2 is 2.10 bits per heavy atom. The first-order chi connectivity index (χ1) is 9.81. The third kappa shape index (κ3) is 3.87. The van der Waals surface area contributed by atoms with Gasteiger partial charge in [-0.2, -0.15) is 0 Å². The van der Waals surface area contributed by atoms with Crippen LogP contribution in [0.2, 0.25) is 0 Å². The molecule has 0 radical (unpaired) electrons. The summed E-state index contributed by atoms with van der Waals surface area (Å²) in [5.41, 5.74) is 5.39. The molecule has 0 spiro atoms. The highest BCUT2D eigenvalue weighted by Crippen LogP contribution is 2.27. The van der Waals surface area contributed by atoms with Crippen LogP contribution in [-0.2, 0) is 11.8 Å². The molecular formula is C16H22FN3S. The summed E-state index contributed by atoms with van der Waals surface area (Å²) in [6, 6.07) is 4.80. The third-order valence-electron chi connectivity index (χ3n) is 3.43. The number of benzene rings is 1. The summed E-state index contributed by atoms with van der Waals surface area (Å²) in [5.74, 6) is 5.38. The van der Waals surface area contributed by atoms with E-state index in [1.807, 2.05) is 13.0 Å². The molecule has 114 valence electrons. The van der Waals surface area contributed by atoms with Gasteiger partial charge in [-0.3, -0.25) is 11.3 Å². The van der Waals surface area contributed by atoms with Gasteiger partial charge in [-0.15, -0.1) is 11.3 Å². The van der Waals surface area contributed by atoms with Crippen molar-refractivity contribution in [2.24, 2.45) is 5.84 Å². The molecule has 0 aliphatic heterocycles. The van der Waals surface area contributed by atoms with E-state index in [4.69, 9.17) is 5.84 Å². The van der Waals surface area contributed by atoms with Crippen molar-refractivity contribution in [2.75, 3.05) is 0 Å². The maximum absolute atomic E-state index is 14.0. The Kier molecular flexibility index (Phi) is 4.76. The van der Waals surface area contributed by atoms with Crippen LogP contribution in [0.3, 0.4) is 0 Å². The number of hydrogen-bond donors (Lipinski definition) is 2. The molecule has 0 aliphatic carbocycles. The first-order valence-corrected chi connectivity index (χ1v) is 7.86. The van der Waals surface area contributed by atoms with Crippen LogP contribution in [0.5, 0.6) is 0 Å². The van der Waals surface area contributed by atoms with E-state index >= 15 is 0 Å². The first-order valence-electron chi connectivity index (χ1n) is 6.98. The van der Waals surface area contributed by atoms with Gasteiger partial charge in [0.25, 0.3) is 0 Å². The summed E-state index contributed by atoms with van der Waals surface area (Å²) in [6.07, 6.45) is 0.581. The number of hydrazine groups is 1. The third-order valence-corrected chi connectivity index (χ3v) is 4.30. The van der Waals surface area contributed by atoms with Crippen LogP contribution in [0.1, 0.15) is 48.6 Å². The molecule has 1 unspecified atom stereocenters. The quantitative estimate of drug-likeness (QED) is 0.670. The molecule has 0 bridgehead atoms. The fourth-order valence-electron chi connectivity index (χ4n) is 2.11. The van der Waals surface area contributed by atoms with Gasteiger partial charge < -0.3 is 0 Å². The molecule has 3 N–H and O–H groups in total. The van der Waals surface area contributed by atoms with Crippen molar-refractivity contribution < 1.29 is 4.39 Å². The van der Waals surface area contributed by atoms with Crippen molar-refractivity contribution in [3.8, 4) is 0 Å². The molecule has 0 fully saturated rings. The minimum absolute atomic E-state index is 0.0228. The van der Waals surface area contributed by atoms with E-state index in [1.54, 1.807) is 17.4 Å². The molecule has 1 atom stereocenters. The average molecular weight is 307 g/mol. The largest absolute Gasteiger partial charge is 0.271 e. The molecule has 5 heteroatoms. The normalized spacial score (nSPS) is 13.4. The second kappa shape index (κ2) is 6.22. The van der Waals surface area contributed by atoms with Gasteiger partial charge in [0.05, 0.1) is 16.7 Å². The van der Waals surface area contributed by atoms with E-state index in [1.165, 1.54) is 6.07 Å². The topological polar surface area (TPSA) is 50.9 Å². The van der Waals surface area contributed by atoms with Gasteiger partial charge >= 0.3 is 0 Å². The van der Waals surface area contributed by atoms with Gasteiger partial charge in [0.2, 0.25) is 0 Å². The fraction of sp³-hybridized carbons (Fsp3) is 0.438. The summed E-state index contributed by atoms with van der Waals surface area (Å²) < 4.78 is 14.0. The zero-order chi connectivity index (χ0) is 15.6. The zero-order valence-electron chi connectivity index (χ0n) is 12.9. The Morgan fingerprint density at radius 1 is 1.38 bits per heavy atom. The zero-order valence-corrected chi connectivity index (χ0v) is 13.7. The number of nitrogens with two attached hydrogens (primary N) is 1. The number of rotatable bonds is 4. The number of thiazole rings is 1. The minimum atomic E-state index is -0.274. The van der Waals surface area contributed by atoms with E-state index in [0.717, 1.165) is 16.3 Å². The summed E-state index contributed by atoms with van der Waals surface area (Å²) in [4.78, 5) is 4.65. The lowest BCUT2D eigenvalue weighted by molar-refractivity contribution is 0.506. The molecular weight excluding hydrogens is 285 g/mol. The maximum atomic E-state index is 14.0. The Morgan fingerprint density at radius 3 is 2.67 bits per heavy atom. The van der Waals surface area contributed by atoms with Crippen LogP contribution in [0.15, 0.2) is 23.6 Å². The predicted molar refractivity (Wildman–Crippen MR) is 85.7 cm³/mol. The van der Waals surface area contributed by atoms with Crippen LogP contribution in [0.4, 0.5) is 4.39 Å². The van der Waals surface area contributed by atoms with Crippen LogP contribution >= 0.6 is 11.3 Å². The monoisotopic (exact) mass is 307 g/mol. The standard InChI is InChI=1S/C16H22FN3S/c1-10-5-6-12(17)11(7-10)13(20-18)8-15-19-14(9-21-15)16(2,3)4/h5-7,9,13,20H,8,18H2,1-4H3. The van der Waals surface area contributed by atoms with Gasteiger partial charge in [-0.25, -0.2) is 9.37 Å². The fourth-order valence-corrected chi connectivity index (χ4v) is 3.18. The van der Waals surface area contributed by atoms with Gasteiger partial charge in [0.15, 0.2) is 0 Å². The lowest BCUT2D eigenvalue weighted by Gasteiger charge is -2.17. The number of hydrogen-bond acceptors (Lipinski definition) is 4. The van der Waals surface area contributed by atoms with E-state index < -0.39 is 0 Å². The Hall–Kier alpha value is -1.30. The SMILES string of the molecule is Cc1ccc(F)c(C(Cc2nc(C(C)(C)C)cs2)NN)c1. The highest BCUT2D eigenvalue weighted by atomic mass is 32.1. The number of aromatic nitrogens is 1. The molecule has 1 aromatic carbocycles. The van der Waals surface area contributed by atoms with Gasteiger partial charge in [-0.1, -0.05) is 38.5 Å². The van der Waals surface area contributed by atoms with E-state index in [2.05, 4.69) is 36.6 Å². The average Bonchev–Trinajstić information content (AvgIpc) is 2.87. The van der Waals surface area contributed by atoms with Gasteiger partial charge in [0.1, 0.15) is 5.82 Å². The highest BCUT2D eigenvalue weighted by Gasteiger charge is 2.20. The molecule has 21 heavy (non-hydrogen) atoms. The number of halogens is 1. The van der Waals surface area contributed by atoms with Crippen LogP contribution < -0.4 is 11.3 Å².